The van der Waals surface area contributed by atoms with Gasteiger partial charge in [-0.1, -0.05) is 0 Å². The smallest absolute Gasteiger partial charge is 0.227 e. The van der Waals surface area contributed by atoms with E-state index >= 15 is 0 Å². The molecule has 2 aliphatic rings. The molecule has 2 saturated heterocycles. The fourth-order valence-corrected chi connectivity index (χ4v) is 3.28. The highest BCUT2D eigenvalue weighted by atomic mass is 16.5. The summed E-state index contributed by atoms with van der Waals surface area (Å²) in [5.74, 6) is 1.97. The van der Waals surface area contributed by atoms with Crippen molar-refractivity contribution in [3.8, 4) is 0 Å². The minimum absolute atomic E-state index is 0.859. The highest BCUT2D eigenvalue weighted by Gasteiger charge is 2.18. The van der Waals surface area contributed by atoms with Gasteiger partial charge in [0.1, 0.15) is 5.82 Å². The number of hydrogen-bond acceptors (Lipinski definition) is 6. The molecule has 2 fully saturated rings. The van der Waals surface area contributed by atoms with Crippen molar-refractivity contribution in [3.63, 3.8) is 0 Å². The van der Waals surface area contributed by atoms with Gasteiger partial charge in [-0.15, -0.1) is 0 Å². The van der Waals surface area contributed by atoms with Gasteiger partial charge in [0.05, 0.1) is 13.2 Å². The van der Waals surface area contributed by atoms with Crippen LogP contribution in [0.25, 0.3) is 0 Å². The third kappa shape index (κ3) is 4.32. The zero-order valence-electron chi connectivity index (χ0n) is 14.5. The summed E-state index contributed by atoms with van der Waals surface area (Å²) >= 11 is 0. The SMILES string of the molecule is CCN(CCN1CCOCC1)c1cc(C)nc(N2CCCC2)n1. The highest BCUT2D eigenvalue weighted by molar-refractivity contribution is 5.46. The van der Waals surface area contributed by atoms with Crippen molar-refractivity contribution in [2.24, 2.45) is 0 Å². The van der Waals surface area contributed by atoms with Crippen molar-refractivity contribution in [1.29, 1.82) is 0 Å². The largest absolute Gasteiger partial charge is 0.379 e. The van der Waals surface area contributed by atoms with Crippen molar-refractivity contribution in [1.82, 2.24) is 14.9 Å². The number of nitrogens with zero attached hydrogens (tertiary/aromatic N) is 5. The predicted octanol–water partition coefficient (Wildman–Crippen LogP) is 1.54. The Morgan fingerprint density at radius 1 is 1.13 bits per heavy atom. The van der Waals surface area contributed by atoms with Crippen LogP contribution in [0.1, 0.15) is 25.5 Å². The Labute approximate surface area is 139 Å². The molecule has 6 heteroatoms. The quantitative estimate of drug-likeness (QED) is 0.793. The summed E-state index contributed by atoms with van der Waals surface area (Å²) in [5.41, 5.74) is 1.06. The number of morpholine rings is 1. The average Bonchev–Trinajstić information content (AvgIpc) is 3.10. The molecule has 0 atom stereocenters. The molecular weight excluding hydrogens is 290 g/mol. The predicted molar refractivity (Wildman–Crippen MR) is 93.4 cm³/mol. The monoisotopic (exact) mass is 319 g/mol. The Hall–Kier alpha value is -1.40. The lowest BCUT2D eigenvalue weighted by atomic mass is 10.3. The lowest BCUT2D eigenvalue weighted by Gasteiger charge is -2.30. The molecule has 0 aromatic carbocycles. The lowest BCUT2D eigenvalue weighted by Crippen LogP contribution is -2.41. The maximum Gasteiger partial charge on any atom is 0.227 e. The number of anilines is 2. The topological polar surface area (TPSA) is 44.7 Å². The van der Waals surface area contributed by atoms with E-state index in [4.69, 9.17) is 9.72 Å². The molecule has 2 aliphatic heterocycles. The standard InChI is InChI=1S/C17H29N5O/c1-3-21(9-8-20-10-12-23-13-11-20)16-14-15(2)18-17(19-16)22-6-4-5-7-22/h14H,3-13H2,1-2H3. The molecule has 3 heterocycles. The Kier molecular flexibility index (Phi) is 5.67. The van der Waals surface area contributed by atoms with Crippen LogP contribution in [0, 0.1) is 6.92 Å². The first-order chi connectivity index (χ1) is 11.3. The second-order valence-electron chi connectivity index (χ2n) is 6.40. The molecule has 0 aliphatic carbocycles. The summed E-state index contributed by atoms with van der Waals surface area (Å²) < 4.78 is 5.42. The summed E-state index contributed by atoms with van der Waals surface area (Å²) in [7, 11) is 0. The van der Waals surface area contributed by atoms with Crippen LogP contribution in [-0.2, 0) is 4.74 Å². The van der Waals surface area contributed by atoms with Gasteiger partial charge in [-0.2, -0.15) is 4.98 Å². The minimum atomic E-state index is 0.859. The lowest BCUT2D eigenvalue weighted by molar-refractivity contribution is 0.0392. The molecule has 1 aromatic heterocycles. The summed E-state index contributed by atoms with van der Waals surface area (Å²) in [6.07, 6.45) is 2.50. The van der Waals surface area contributed by atoms with E-state index in [0.29, 0.717) is 0 Å². The molecule has 0 radical (unpaired) electrons. The zero-order chi connectivity index (χ0) is 16.1. The fraction of sp³-hybridized carbons (Fsp3) is 0.765. The number of aromatic nitrogens is 2. The van der Waals surface area contributed by atoms with Crippen LogP contribution >= 0.6 is 0 Å². The van der Waals surface area contributed by atoms with Gasteiger partial charge < -0.3 is 14.5 Å². The molecule has 1 aromatic rings. The van der Waals surface area contributed by atoms with E-state index in [-0.39, 0.29) is 0 Å². The van der Waals surface area contributed by atoms with Crippen molar-refractivity contribution >= 4 is 11.8 Å². The van der Waals surface area contributed by atoms with Crippen LogP contribution in [0.3, 0.4) is 0 Å². The van der Waals surface area contributed by atoms with E-state index in [9.17, 15) is 0 Å². The van der Waals surface area contributed by atoms with Gasteiger partial charge >= 0.3 is 0 Å². The van der Waals surface area contributed by atoms with E-state index < -0.39 is 0 Å². The first-order valence-electron chi connectivity index (χ1n) is 8.92. The van der Waals surface area contributed by atoms with Crippen molar-refractivity contribution < 1.29 is 4.74 Å². The Morgan fingerprint density at radius 3 is 2.57 bits per heavy atom. The molecular formula is C17H29N5O. The van der Waals surface area contributed by atoms with Crippen LogP contribution in [-0.4, -0.2) is 73.9 Å². The van der Waals surface area contributed by atoms with E-state index in [0.717, 1.165) is 76.5 Å². The van der Waals surface area contributed by atoms with Gasteiger partial charge in [-0.25, -0.2) is 4.98 Å². The molecule has 23 heavy (non-hydrogen) atoms. The zero-order valence-corrected chi connectivity index (χ0v) is 14.5. The number of likely N-dealkylation sites (N-methyl/N-ethyl adjacent to an activating group) is 1. The molecule has 0 saturated carbocycles. The fourth-order valence-electron chi connectivity index (χ4n) is 3.28. The van der Waals surface area contributed by atoms with Gasteiger partial charge in [0.25, 0.3) is 0 Å². The molecule has 0 spiro atoms. The summed E-state index contributed by atoms with van der Waals surface area (Å²) in [6.45, 7) is 13.3. The van der Waals surface area contributed by atoms with Crippen molar-refractivity contribution in [2.45, 2.75) is 26.7 Å². The average molecular weight is 319 g/mol. The van der Waals surface area contributed by atoms with E-state index in [1.54, 1.807) is 0 Å². The summed E-state index contributed by atoms with van der Waals surface area (Å²) in [6, 6.07) is 2.11. The maximum atomic E-state index is 5.42. The molecule has 0 unspecified atom stereocenters. The van der Waals surface area contributed by atoms with Gasteiger partial charge in [0.2, 0.25) is 5.95 Å². The van der Waals surface area contributed by atoms with Crippen molar-refractivity contribution in [3.05, 3.63) is 11.8 Å². The first-order valence-corrected chi connectivity index (χ1v) is 8.92. The second kappa shape index (κ2) is 7.93. The molecule has 128 valence electrons. The van der Waals surface area contributed by atoms with Gasteiger partial charge in [0, 0.05) is 57.6 Å². The first kappa shape index (κ1) is 16.5. The van der Waals surface area contributed by atoms with E-state index in [1.165, 1.54) is 12.8 Å². The number of ether oxygens (including phenoxy) is 1. The molecule has 6 nitrogen and oxygen atoms in total. The van der Waals surface area contributed by atoms with E-state index in [2.05, 4.69) is 39.6 Å². The summed E-state index contributed by atoms with van der Waals surface area (Å²) in [5, 5.41) is 0. The van der Waals surface area contributed by atoms with Crippen LogP contribution in [0.4, 0.5) is 11.8 Å². The van der Waals surface area contributed by atoms with Gasteiger partial charge in [-0.05, 0) is 26.7 Å². The van der Waals surface area contributed by atoms with Crippen LogP contribution in [0.2, 0.25) is 0 Å². The Bertz CT molecular complexity index is 498. The molecule has 0 bridgehead atoms. The minimum Gasteiger partial charge on any atom is -0.379 e. The molecule has 0 amide bonds. The van der Waals surface area contributed by atoms with E-state index in [1.807, 2.05) is 0 Å². The maximum absolute atomic E-state index is 5.42. The van der Waals surface area contributed by atoms with Crippen molar-refractivity contribution in [2.75, 3.05) is 68.8 Å². The third-order valence-corrected chi connectivity index (χ3v) is 4.71. The van der Waals surface area contributed by atoms with Crippen LogP contribution < -0.4 is 9.80 Å². The van der Waals surface area contributed by atoms with Gasteiger partial charge in [-0.3, -0.25) is 4.90 Å². The number of aryl methyl sites for hydroxylation is 1. The third-order valence-electron chi connectivity index (χ3n) is 4.71. The van der Waals surface area contributed by atoms with Gasteiger partial charge in [0.15, 0.2) is 0 Å². The van der Waals surface area contributed by atoms with Crippen LogP contribution in [0.5, 0.6) is 0 Å². The number of hydrogen-bond donors (Lipinski definition) is 0. The normalized spacial score (nSPS) is 19.3. The second-order valence-corrected chi connectivity index (χ2v) is 6.40. The number of rotatable bonds is 6. The molecule has 3 rings (SSSR count). The van der Waals surface area contributed by atoms with Crippen LogP contribution in [0.15, 0.2) is 6.07 Å². The Morgan fingerprint density at radius 2 is 1.87 bits per heavy atom. The molecule has 0 N–H and O–H groups in total. The highest BCUT2D eigenvalue weighted by Crippen LogP contribution is 2.20. The summed E-state index contributed by atoms with van der Waals surface area (Å²) in [4.78, 5) is 16.6. The Balaban J connectivity index is 1.66.